The summed E-state index contributed by atoms with van der Waals surface area (Å²) < 4.78 is 0. The molecule has 1 aliphatic rings. The van der Waals surface area contributed by atoms with Crippen LogP contribution in [-0.2, 0) is 56.7 Å². The van der Waals surface area contributed by atoms with E-state index in [4.69, 9.17) is 4.84 Å². The van der Waals surface area contributed by atoms with Crippen LogP contribution >= 0.6 is 0 Å². The van der Waals surface area contributed by atoms with E-state index in [9.17, 15) is 19.2 Å². The Kier molecular flexibility index (Phi) is 10.1. The number of nitrogens with two attached hydrogens (primary N) is 1. The SMILES string of the molecule is CC([C-]=O)CC(C)C(=O)ON1C(=O)CCC1=O.[NH2-].[Y]. The molecule has 0 aromatic carbocycles. The molecule has 0 bridgehead atoms. The number of nitrogens with zero attached hydrogens (tertiary/aromatic N) is 1. The van der Waals surface area contributed by atoms with E-state index in [2.05, 4.69) is 0 Å². The summed E-state index contributed by atoms with van der Waals surface area (Å²) in [6.45, 7) is 3.20. The first-order chi connectivity index (χ1) is 7.95. The van der Waals surface area contributed by atoms with E-state index in [1.54, 1.807) is 20.1 Å². The fraction of sp³-hybridized carbons (Fsp3) is 0.636. The molecule has 1 saturated heterocycles. The molecule has 2 N–H and O–H groups in total. The van der Waals surface area contributed by atoms with Crippen LogP contribution in [0.1, 0.15) is 33.1 Å². The van der Waals surface area contributed by atoms with Gasteiger partial charge in [-0.2, -0.15) is 0 Å². The van der Waals surface area contributed by atoms with Crippen molar-refractivity contribution in [2.24, 2.45) is 11.8 Å². The smallest absolute Gasteiger partial charge is 0.335 e. The Balaban J connectivity index is 0. The Labute approximate surface area is 136 Å². The fourth-order valence-corrected chi connectivity index (χ4v) is 1.51. The minimum absolute atomic E-state index is 0. The number of hydrogen-bond donors (Lipinski definition) is 0. The average molecular weight is 345 g/mol. The zero-order valence-corrected chi connectivity index (χ0v) is 13.8. The van der Waals surface area contributed by atoms with Crippen LogP contribution < -0.4 is 0 Å². The second-order valence-corrected chi connectivity index (χ2v) is 4.15. The van der Waals surface area contributed by atoms with Crippen molar-refractivity contribution in [2.75, 3.05) is 0 Å². The fourth-order valence-electron chi connectivity index (χ4n) is 1.51. The maximum atomic E-state index is 11.5. The van der Waals surface area contributed by atoms with E-state index in [0.717, 1.165) is 0 Å². The molecule has 1 rings (SSSR count). The van der Waals surface area contributed by atoms with Gasteiger partial charge in [0.15, 0.2) is 0 Å². The summed E-state index contributed by atoms with van der Waals surface area (Å²) in [7, 11) is 0. The van der Waals surface area contributed by atoms with Crippen molar-refractivity contribution in [3.63, 3.8) is 0 Å². The molecule has 7 nitrogen and oxygen atoms in total. The van der Waals surface area contributed by atoms with Gasteiger partial charge < -0.3 is 15.8 Å². The molecule has 1 aliphatic heterocycles. The van der Waals surface area contributed by atoms with Gasteiger partial charge in [-0.05, 0) is 0 Å². The van der Waals surface area contributed by atoms with Gasteiger partial charge in [0, 0.05) is 45.6 Å². The van der Waals surface area contributed by atoms with Gasteiger partial charge >= 0.3 is 5.97 Å². The summed E-state index contributed by atoms with van der Waals surface area (Å²) in [5.41, 5.74) is 0. The van der Waals surface area contributed by atoms with E-state index in [1.165, 1.54) is 0 Å². The Bertz CT molecular complexity index is 345. The standard InChI is InChI=1S/C11H14NO5.H2N.Y/c1-7(6-13)5-8(2)11(16)17-12-9(14)3-4-10(12)15;;/h7-8H,3-5H2,1-2H3;1H2;/q2*-1;. The first kappa shape index (κ1) is 20.7. The van der Waals surface area contributed by atoms with Crippen molar-refractivity contribution in [1.82, 2.24) is 5.06 Å². The van der Waals surface area contributed by atoms with Gasteiger partial charge in [0.1, 0.15) is 0 Å². The maximum Gasteiger partial charge on any atom is 0.335 e. The van der Waals surface area contributed by atoms with Gasteiger partial charge in [-0.3, -0.25) is 15.9 Å². The molecule has 0 aromatic rings. The van der Waals surface area contributed by atoms with E-state index >= 15 is 0 Å². The Morgan fingerprint density at radius 1 is 1.32 bits per heavy atom. The molecule has 1 fully saturated rings. The third-order valence-corrected chi connectivity index (χ3v) is 2.50. The van der Waals surface area contributed by atoms with Crippen LogP contribution in [0, 0.1) is 11.8 Å². The van der Waals surface area contributed by atoms with Crippen molar-refractivity contribution >= 4 is 24.1 Å². The number of imide groups is 1. The van der Waals surface area contributed by atoms with Gasteiger partial charge in [0.2, 0.25) is 0 Å². The summed E-state index contributed by atoms with van der Waals surface area (Å²) >= 11 is 0. The van der Waals surface area contributed by atoms with E-state index in [-0.39, 0.29) is 64.0 Å². The van der Waals surface area contributed by atoms with Crippen LogP contribution in [0.25, 0.3) is 6.15 Å². The zero-order chi connectivity index (χ0) is 13.0. The molecule has 0 spiro atoms. The predicted octanol–water partition coefficient (Wildman–Crippen LogP) is 1.08. The third kappa shape index (κ3) is 5.88. The minimum Gasteiger partial charge on any atom is -0.693 e. The zero-order valence-electron chi connectivity index (χ0n) is 10.9. The van der Waals surface area contributed by atoms with Gasteiger partial charge in [-0.25, -0.2) is 4.79 Å². The Morgan fingerprint density at radius 3 is 2.21 bits per heavy atom. The van der Waals surface area contributed by atoms with Gasteiger partial charge in [-0.15, -0.1) is 11.0 Å². The van der Waals surface area contributed by atoms with Crippen molar-refractivity contribution in [2.45, 2.75) is 33.1 Å². The topological polar surface area (TPSA) is 114 Å². The largest absolute Gasteiger partial charge is 0.693 e. The quantitative estimate of drug-likeness (QED) is 0.546. The molecule has 2 atom stereocenters. The number of rotatable bonds is 5. The molecule has 2 unspecified atom stereocenters. The molecule has 1 heterocycles. The monoisotopic (exact) mass is 345 g/mol. The summed E-state index contributed by atoms with van der Waals surface area (Å²) in [5.74, 6) is -2.65. The Hall–Kier alpha value is -0.656. The number of hydroxylamine groups is 2. The number of carbonyl (C=O) groups excluding carboxylic acids is 4. The second kappa shape index (κ2) is 9.28. The summed E-state index contributed by atoms with van der Waals surface area (Å²) in [5, 5.41) is 0.508. The molecule has 8 heteroatoms. The van der Waals surface area contributed by atoms with Crippen LogP contribution in [0.5, 0.6) is 0 Å². The Morgan fingerprint density at radius 2 is 1.79 bits per heavy atom. The molecule has 0 aromatic heterocycles. The van der Waals surface area contributed by atoms with Gasteiger partial charge in [0.25, 0.3) is 11.8 Å². The average Bonchev–Trinajstić information content (AvgIpc) is 2.60. The van der Waals surface area contributed by atoms with E-state index in [1.807, 2.05) is 0 Å². The molecular formula is C11H16N2O5Y-2. The van der Waals surface area contributed by atoms with Crippen molar-refractivity contribution in [3.05, 3.63) is 6.15 Å². The first-order valence-corrected chi connectivity index (χ1v) is 5.41. The maximum absolute atomic E-state index is 11.5. The first-order valence-electron chi connectivity index (χ1n) is 5.41. The summed E-state index contributed by atoms with van der Waals surface area (Å²) in [6, 6.07) is 0. The van der Waals surface area contributed by atoms with Crippen LogP contribution in [-0.4, -0.2) is 29.1 Å². The molecule has 2 amide bonds. The molecule has 0 saturated carbocycles. The third-order valence-electron chi connectivity index (χ3n) is 2.50. The molecule has 105 valence electrons. The van der Waals surface area contributed by atoms with E-state index < -0.39 is 23.7 Å². The number of carbonyl (C=O) groups is 3. The second-order valence-electron chi connectivity index (χ2n) is 4.15. The molecule has 19 heavy (non-hydrogen) atoms. The normalized spacial score (nSPS) is 17.1. The van der Waals surface area contributed by atoms with Crippen molar-refractivity contribution in [1.29, 1.82) is 0 Å². The minimum atomic E-state index is -0.685. The summed E-state index contributed by atoms with van der Waals surface area (Å²) in [4.78, 5) is 48.9. The van der Waals surface area contributed by atoms with Crippen LogP contribution in [0.4, 0.5) is 0 Å². The molecule has 0 aliphatic carbocycles. The van der Waals surface area contributed by atoms with Gasteiger partial charge in [-0.1, -0.05) is 20.3 Å². The van der Waals surface area contributed by atoms with E-state index in [0.29, 0.717) is 5.06 Å². The van der Waals surface area contributed by atoms with Crippen molar-refractivity contribution < 1.29 is 56.7 Å². The van der Waals surface area contributed by atoms with Crippen molar-refractivity contribution in [3.8, 4) is 0 Å². The van der Waals surface area contributed by atoms with Gasteiger partial charge in [0.05, 0.1) is 5.92 Å². The predicted molar refractivity (Wildman–Crippen MR) is 61.1 cm³/mol. The van der Waals surface area contributed by atoms with Crippen LogP contribution in [0.2, 0.25) is 0 Å². The molecular weight excluding hydrogens is 329 g/mol. The number of amides is 2. The summed E-state index contributed by atoms with van der Waals surface area (Å²) in [6.07, 6.45) is 2.17. The number of hydrogen-bond acceptors (Lipinski definition) is 5. The molecule has 1 radical (unpaired) electrons. The van der Waals surface area contributed by atoms with Crippen LogP contribution in [0.15, 0.2) is 0 Å². The van der Waals surface area contributed by atoms with Crippen LogP contribution in [0.3, 0.4) is 0 Å².